The molecule has 1 amide bonds. The lowest BCUT2D eigenvalue weighted by Gasteiger charge is -2.21. The smallest absolute Gasteiger partial charge is 0.237 e. The van der Waals surface area contributed by atoms with Gasteiger partial charge in [0.1, 0.15) is 0 Å². The normalized spacial score (nSPS) is 10.2. The fourth-order valence-electron chi connectivity index (χ4n) is 1.70. The summed E-state index contributed by atoms with van der Waals surface area (Å²) >= 11 is 3.27. The van der Waals surface area contributed by atoms with Crippen LogP contribution in [0.15, 0.2) is 41.1 Å². The van der Waals surface area contributed by atoms with Crippen LogP contribution < -0.4 is 16.4 Å². The topological polar surface area (TPSA) is 98.1 Å². The Morgan fingerprint density at radius 1 is 1.20 bits per heavy atom. The molecule has 0 bridgehead atoms. The molecule has 6 nitrogen and oxygen atoms in total. The van der Waals surface area contributed by atoms with E-state index in [1.165, 1.54) is 0 Å². The van der Waals surface area contributed by atoms with Crippen molar-refractivity contribution >= 4 is 33.5 Å². The number of carbonyl (C=O) groups is 1. The van der Waals surface area contributed by atoms with Crippen LogP contribution in [0.25, 0.3) is 0 Å². The Labute approximate surface area is 124 Å². The van der Waals surface area contributed by atoms with Gasteiger partial charge in [0, 0.05) is 24.6 Å². The second kappa shape index (κ2) is 6.33. The number of nitrogens with zero attached hydrogens (tertiary/aromatic N) is 3. The summed E-state index contributed by atoms with van der Waals surface area (Å²) in [6.07, 6.45) is 3.25. The number of benzene rings is 1. The predicted octanol–water partition coefficient (Wildman–Crippen LogP) is 1.31. The summed E-state index contributed by atoms with van der Waals surface area (Å²) in [6.45, 7) is 0.525. The molecule has 2 aromatic rings. The maximum Gasteiger partial charge on any atom is 0.237 e. The van der Waals surface area contributed by atoms with Gasteiger partial charge in [0.25, 0.3) is 0 Å². The first-order chi connectivity index (χ1) is 9.54. The average Bonchev–Trinajstić information content (AvgIpc) is 2.41. The Bertz CT molecular complexity index is 585. The van der Waals surface area contributed by atoms with Gasteiger partial charge in [-0.1, -0.05) is 12.1 Å². The van der Waals surface area contributed by atoms with Crippen LogP contribution in [0.4, 0.5) is 11.6 Å². The third-order valence-corrected chi connectivity index (χ3v) is 3.00. The predicted molar refractivity (Wildman–Crippen MR) is 80.8 cm³/mol. The van der Waals surface area contributed by atoms with Crippen molar-refractivity contribution in [1.82, 2.24) is 9.97 Å². The highest BCUT2D eigenvalue weighted by Crippen LogP contribution is 2.15. The van der Waals surface area contributed by atoms with Gasteiger partial charge in [0.15, 0.2) is 0 Å². The van der Waals surface area contributed by atoms with Crippen molar-refractivity contribution in [3.8, 4) is 0 Å². The molecule has 0 aliphatic carbocycles. The summed E-state index contributed by atoms with van der Waals surface area (Å²) < 4.78 is 0.771. The standard InChI is InChI=1S/C13H14BrN5O/c14-10-5-17-13(18-6-10)19(8-12(16)20)7-9-1-3-11(15)4-2-9/h1-6H,7-8,15H2,(H2,16,20). The Morgan fingerprint density at radius 2 is 1.80 bits per heavy atom. The molecule has 1 aromatic heterocycles. The van der Waals surface area contributed by atoms with Gasteiger partial charge in [0.2, 0.25) is 11.9 Å². The highest BCUT2D eigenvalue weighted by Gasteiger charge is 2.13. The van der Waals surface area contributed by atoms with Crippen molar-refractivity contribution in [2.75, 3.05) is 17.2 Å². The molecule has 2 rings (SSSR count). The van der Waals surface area contributed by atoms with Crippen molar-refractivity contribution in [2.45, 2.75) is 6.54 Å². The van der Waals surface area contributed by atoms with Crippen molar-refractivity contribution in [1.29, 1.82) is 0 Å². The summed E-state index contributed by atoms with van der Waals surface area (Å²) in [6, 6.07) is 7.39. The van der Waals surface area contributed by atoms with Crippen molar-refractivity contribution in [3.05, 3.63) is 46.7 Å². The first kappa shape index (κ1) is 14.3. The molecule has 1 heterocycles. The van der Waals surface area contributed by atoms with E-state index in [9.17, 15) is 4.79 Å². The zero-order chi connectivity index (χ0) is 14.5. The van der Waals surface area contributed by atoms with E-state index in [0.29, 0.717) is 18.2 Å². The van der Waals surface area contributed by atoms with Gasteiger partial charge in [-0.15, -0.1) is 0 Å². The Kier molecular flexibility index (Phi) is 4.52. The van der Waals surface area contributed by atoms with Gasteiger partial charge in [-0.2, -0.15) is 0 Å². The highest BCUT2D eigenvalue weighted by molar-refractivity contribution is 9.10. The van der Waals surface area contributed by atoms with Crippen LogP contribution in [0.5, 0.6) is 0 Å². The largest absolute Gasteiger partial charge is 0.399 e. The highest BCUT2D eigenvalue weighted by atomic mass is 79.9. The van der Waals surface area contributed by atoms with Gasteiger partial charge in [-0.05, 0) is 33.6 Å². The number of amides is 1. The number of nitrogen functional groups attached to an aromatic ring is 1. The number of nitrogens with two attached hydrogens (primary N) is 2. The number of hydrogen-bond donors (Lipinski definition) is 2. The Balaban J connectivity index is 2.21. The molecule has 0 atom stereocenters. The van der Waals surface area contributed by atoms with E-state index in [4.69, 9.17) is 11.5 Å². The summed E-state index contributed by atoms with van der Waals surface area (Å²) in [7, 11) is 0. The van der Waals surface area contributed by atoms with Gasteiger partial charge in [-0.3, -0.25) is 4.79 Å². The first-order valence-electron chi connectivity index (χ1n) is 5.90. The van der Waals surface area contributed by atoms with Crippen LogP contribution in [0.2, 0.25) is 0 Å². The van der Waals surface area contributed by atoms with Gasteiger partial charge in [0.05, 0.1) is 11.0 Å². The SMILES string of the molecule is NC(=O)CN(Cc1ccc(N)cc1)c1ncc(Br)cn1. The average molecular weight is 336 g/mol. The number of halogens is 1. The second-order valence-corrected chi connectivity index (χ2v) is 5.18. The molecule has 0 spiro atoms. The summed E-state index contributed by atoms with van der Waals surface area (Å²) in [5.41, 5.74) is 12.6. The molecule has 0 radical (unpaired) electrons. The number of primary amides is 1. The number of anilines is 2. The molecule has 0 saturated carbocycles. The fraction of sp³-hybridized carbons (Fsp3) is 0.154. The molecule has 0 saturated heterocycles. The molecule has 0 aliphatic rings. The summed E-state index contributed by atoms with van der Waals surface area (Å²) in [4.78, 5) is 21.3. The molecule has 0 unspecified atom stereocenters. The van der Waals surface area contributed by atoms with E-state index in [0.717, 1.165) is 10.0 Å². The molecule has 7 heteroatoms. The lowest BCUT2D eigenvalue weighted by atomic mass is 10.2. The molecular formula is C13H14BrN5O. The van der Waals surface area contributed by atoms with Crippen LogP contribution in [0.1, 0.15) is 5.56 Å². The quantitative estimate of drug-likeness (QED) is 0.803. The number of rotatable bonds is 5. The third kappa shape index (κ3) is 3.92. The zero-order valence-electron chi connectivity index (χ0n) is 10.7. The summed E-state index contributed by atoms with van der Waals surface area (Å²) in [5, 5.41) is 0. The van der Waals surface area contributed by atoms with Gasteiger partial charge in [-0.25, -0.2) is 9.97 Å². The number of aromatic nitrogens is 2. The van der Waals surface area contributed by atoms with Gasteiger partial charge >= 0.3 is 0 Å². The number of hydrogen-bond acceptors (Lipinski definition) is 5. The second-order valence-electron chi connectivity index (χ2n) is 4.27. The van der Waals surface area contributed by atoms with Crippen LogP contribution in [-0.2, 0) is 11.3 Å². The molecule has 104 valence electrons. The zero-order valence-corrected chi connectivity index (χ0v) is 12.2. The van der Waals surface area contributed by atoms with Crippen molar-refractivity contribution in [3.63, 3.8) is 0 Å². The fourth-order valence-corrected chi connectivity index (χ4v) is 1.90. The Hall–Kier alpha value is -2.15. The minimum atomic E-state index is -0.438. The molecular weight excluding hydrogens is 322 g/mol. The minimum absolute atomic E-state index is 0.0476. The first-order valence-corrected chi connectivity index (χ1v) is 6.69. The van der Waals surface area contributed by atoms with Crippen LogP contribution in [0.3, 0.4) is 0 Å². The summed E-state index contributed by atoms with van der Waals surface area (Å²) in [5.74, 6) is 0.00999. The lowest BCUT2D eigenvalue weighted by Crippen LogP contribution is -2.34. The van der Waals surface area contributed by atoms with E-state index in [2.05, 4.69) is 25.9 Å². The Morgan fingerprint density at radius 3 is 2.35 bits per heavy atom. The molecule has 1 aromatic carbocycles. The molecule has 20 heavy (non-hydrogen) atoms. The van der Waals surface area contributed by atoms with Crippen molar-refractivity contribution < 1.29 is 4.79 Å². The molecule has 0 aliphatic heterocycles. The van der Waals surface area contributed by atoms with Crippen LogP contribution in [-0.4, -0.2) is 22.4 Å². The maximum atomic E-state index is 11.2. The third-order valence-electron chi connectivity index (χ3n) is 2.59. The molecule has 4 N–H and O–H groups in total. The van der Waals surface area contributed by atoms with E-state index < -0.39 is 5.91 Å². The van der Waals surface area contributed by atoms with Crippen LogP contribution in [0, 0.1) is 0 Å². The lowest BCUT2D eigenvalue weighted by molar-refractivity contribution is -0.116. The maximum absolute atomic E-state index is 11.2. The molecule has 0 fully saturated rings. The minimum Gasteiger partial charge on any atom is -0.399 e. The van der Waals surface area contributed by atoms with E-state index in [1.807, 2.05) is 12.1 Å². The van der Waals surface area contributed by atoms with E-state index in [1.54, 1.807) is 29.4 Å². The monoisotopic (exact) mass is 335 g/mol. The van der Waals surface area contributed by atoms with Crippen LogP contribution >= 0.6 is 15.9 Å². The van der Waals surface area contributed by atoms with E-state index in [-0.39, 0.29) is 6.54 Å². The number of carbonyl (C=O) groups excluding carboxylic acids is 1. The van der Waals surface area contributed by atoms with Crippen molar-refractivity contribution in [2.24, 2.45) is 5.73 Å². The van der Waals surface area contributed by atoms with Gasteiger partial charge < -0.3 is 16.4 Å². The van der Waals surface area contributed by atoms with E-state index >= 15 is 0 Å².